The third kappa shape index (κ3) is 4.38. The summed E-state index contributed by atoms with van der Waals surface area (Å²) in [4.78, 5) is 11.0. The second-order valence-corrected chi connectivity index (χ2v) is 4.93. The Balaban J connectivity index is 2.64. The van der Waals surface area contributed by atoms with E-state index in [0.717, 1.165) is 22.1 Å². The highest BCUT2D eigenvalue weighted by atomic mass is 127. The first kappa shape index (κ1) is 13.3. The minimum absolute atomic E-state index is 0.488. The maximum Gasteiger partial charge on any atom is 0.326 e. The number of nitrogens with one attached hydrogen (secondary N) is 1. The van der Waals surface area contributed by atoms with Crippen molar-refractivity contribution < 1.29 is 9.90 Å². The Morgan fingerprint density at radius 3 is 2.88 bits per heavy atom. The molecule has 0 bridgehead atoms. The van der Waals surface area contributed by atoms with Crippen molar-refractivity contribution in [3.05, 3.63) is 27.8 Å². The van der Waals surface area contributed by atoms with Crippen molar-refractivity contribution in [1.29, 1.82) is 0 Å². The Kier molecular flexibility index (Phi) is 5.59. The molecule has 88 valence electrons. The molecule has 0 spiro atoms. The van der Waals surface area contributed by atoms with Crippen molar-refractivity contribution in [2.24, 2.45) is 0 Å². The maximum atomic E-state index is 11.0. The number of carboxylic acid groups (broad SMARTS) is 1. The summed E-state index contributed by atoms with van der Waals surface area (Å²) in [6.45, 7) is 2.06. The van der Waals surface area contributed by atoms with Gasteiger partial charge in [0.1, 0.15) is 6.04 Å². The lowest BCUT2D eigenvalue weighted by molar-refractivity contribution is -0.138. The quantitative estimate of drug-likeness (QED) is 0.785. The van der Waals surface area contributed by atoms with Crippen molar-refractivity contribution in [2.45, 2.75) is 32.2 Å². The molecule has 3 nitrogen and oxygen atoms in total. The summed E-state index contributed by atoms with van der Waals surface area (Å²) in [7, 11) is 0. The van der Waals surface area contributed by atoms with E-state index < -0.39 is 12.0 Å². The molecule has 0 saturated heterocycles. The van der Waals surface area contributed by atoms with Crippen molar-refractivity contribution in [3.8, 4) is 0 Å². The van der Waals surface area contributed by atoms with Gasteiger partial charge in [-0.2, -0.15) is 0 Å². The van der Waals surface area contributed by atoms with E-state index >= 15 is 0 Å². The SMILES string of the molecule is CCCCC(Nc1cccc(I)c1)C(=O)O. The van der Waals surface area contributed by atoms with Crippen molar-refractivity contribution in [3.63, 3.8) is 0 Å². The van der Waals surface area contributed by atoms with Gasteiger partial charge >= 0.3 is 5.97 Å². The normalized spacial score (nSPS) is 12.1. The van der Waals surface area contributed by atoms with Gasteiger partial charge in [0.25, 0.3) is 0 Å². The van der Waals surface area contributed by atoms with Gasteiger partial charge in [0.2, 0.25) is 0 Å². The van der Waals surface area contributed by atoms with Gasteiger partial charge < -0.3 is 10.4 Å². The van der Waals surface area contributed by atoms with E-state index in [1.54, 1.807) is 0 Å². The molecule has 4 heteroatoms. The summed E-state index contributed by atoms with van der Waals surface area (Å²) < 4.78 is 1.10. The van der Waals surface area contributed by atoms with Gasteiger partial charge in [-0.05, 0) is 47.2 Å². The fourth-order valence-corrected chi connectivity index (χ4v) is 1.99. The smallest absolute Gasteiger partial charge is 0.326 e. The van der Waals surface area contributed by atoms with Crippen LogP contribution in [-0.4, -0.2) is 17.1 Å². The largest absolute Gasteiger partial charge is 0.480 e. The monoisotopic (exact) mass is 333 g/mol. The number of rotatable bonds is 6. The molecule has 0 amide bonds. The topological polar surface area (TPSA) is 49.3 Å². The van der Waals surface area contributed by atoms with Crippen LogP contribution in [0.1, 0.15) is 26.2 Å². The van der Waals surface area contributed by atoms with Gasteiger partial charge in [-0.15, -0.1) is 0 Å². The van der Waals surface area contributed by atoms with E-state index in [1.165, 1.54) is 0 Å². The summed E-state index contributed by atoms with van der Waals surface area (Å²) >= 11 is 2.21. The van der Waals surface area contributed by atoms with Crippen molar-refractivity contribution in [2.75, 3.05) is 5.32 Å². The Bertz CT molecular complexity index is 355. The van der Waals surface area contributed by atoms with Gasteiger partial charge in [0.05, 0.1) is 0 Å². The van der Waals surface area contributed by atoms with Gasteiger partial charge in [0, 0.05) is 9.26 Å². The molecule has 0 heterocycles. The van der Waals surface area contributed by atoms with Crippen LogP contribution in [0.25, 0.3) is 0 Å². The Hall–Kier alpha value is -0.780. The molecule has 0 aliphatic carbocycles. The number of hydrogen-bond acceptors (Lipinski definition) is 2. The zero-order valence-electron chi connectivity index (χ0n) is 9.24. The second-order valence-electron chi connectivity index (χ2n) is 3.69. The zero-order chi connectivity index (χ0) is 12.0. The van der Waals surface area contributed by atoms with E-state index in [-0.39, 0.29) is 0 Å². The first-order chi connectivity index (χ1) is 7.63. The second kappa shape index (κ2) is 6.73. The van der Waals surface area contributed by atoms with Crippen molar-refractivity contribution >= 4 is 34.2 Å². The molecule has 0 aliphatic rings. The number of unbranched alkanes of at least 4 members (excludes halogenated alkanes) is 1. The third-order valence-corrected chi connectivity index (χ3v) is 2.98. The molecule has 0 aromatic heterocycles. The highest BCUT2D eigenvalue weighted by molar-refractivity contribution is 14.1. The Morgan fingerprint density at radius 2 is 2.31 bits per heavy atom. The predicted molar refractivity (Wildman–Crippen MR) is 73.7 cm³/mol. The molecule has 0 fully saturated rings. The van der Waals surface area contributed by atoms with Crippen LogP contribution < -0.4 is 5.32 Å². The lowest BCUT2D eigenvalue weighted by atomic mass is 10.1. The fourth-order valence-electron chi connectivity index (χ4n) is 1.45. The van der Waals surface area contributed by atoms with Gasteiger partial charge in [-0.3, -0.25) is 0 Å². The van der Waals surface area contributed by atoms with Gasteiger partial charge in [0.15, 0.2) is 0 Å². The third-order valence-electron chi connectivity index (χ3n) is 2.31. The standard InChI is InChI=1S/C12H16INO2/c1-2-3-7-11(12(15)16)14-10-6-4-5-9(13)8-10/h4-6,8,11,14H,2-3,7H2,1H3,(H,15,16). The number of halogens is 1. The van der Waals surface area contributed by atoms with Crippen LogP contribution in [0.3, 0.4) is 0 Å². The summed E-state index contributed by atoms with van der Waals surface area (Å²) in [6.07, 6.45) is 2.60. The van der Waals surface area contributed by atoms with Gasteiger partial charge in [-0.25, -0.2) is 4.79 Å². The molecule has 1 unspecified atom stereocenters. The lowest BCUT2D eigenvalue weighted by Gasteiger charge is -2.15. The van der Waals surface area contributed by atoms with Crippen molar-refractivity contribution in [1.82, 2.24) is 0 Å². The summed E-state index contributed by atoms with van der Waals surface area (Å²) in [5, 5.41) is 12.1. The number of hydrogen-bond donors (Lipinski definition) is 2. The van der Waals surface area contributed by atoms with Crippen LogP contribution in [0.4, 0.5) is 5.69 Å². The molecule has 1 aromatic rings. The van der Waals surface area contributed by atoms with E-state index in [1.807, 2.05) is 24.3 Å². The summed E-state index contributed by atoms with van der Waals surface area (Å²) in [6, 6.07) is 7.25. The number of carbonyl (C=O) groups is 1. The first-order valence-corrected chi connectivity index (χ1v) is 6.46. The molecule has 1 rings (SSSR count). The number of benzene rings is 1. The van der Waals surface area contributed by atoms with E-state index in [4.69, 9.17) is 5.11 Å². The fraction of sp³-hybridized carbons (Fsp3) is 0.417. The minimum Gasteiger partial charge on any atom is -0.480 e. The number of carboxylic acids is 1. The molecule has 1 aromatic carbocycles. The number of anilines is 1. The van der Waals surface area contributed by atoms with E-state index in [2.05, 4.69) is 34.8 Å². The molecule has 0 radical (unpaired) electrons. The average molecular weight is 333 g/mol. The molecule has 0 aliphatic heterocycles. The minimum atomic E-state index is -0.785. The van der Waals surface area contributed by atoms with Gasteiger partial charge in [-0.1, -0.05) is 25.8 Å². The maximum absolute atomic E-state index is 11.0. The van der Waals surface area contributed by atoms with E-state index in [9.17, 15) is 4.79 Å². The van der Waals surface area contributed by atoms with Crippen LogP contribution in [-0.2, 0) is 4.79 Å². The highest BCUT2D eigenvalue weighted by Crippen LogP contribution is 2.15. The van der Waals surface area contributed by atoms with E-state index in [0.29, 0.717) is 6.42 Å². The molecule has 1 atom stereocenters. The lowest BCUT2D eigenvalue weighted by Crippen LogP contribution is -2.29. The molecule has 16 heavy (non-hydrogen) atoms. The molecular formula is C12H16INO2. The molecule has 0 saturated carbocycles. The Morgan fingerprint density at radius 1 is 1.56 bits per heavy atom. The van der Waals surface area contributed by atoms with Crippen LogP contribution in [0.2, 0.25) is 0 Å². The van der Waals surface area contributed by atoms with Crippen LogP contribution >= 0.6 is 22.6 Å². The molecular weight excluding hydrogens is 317 g/mol. The van der Waals surface area contributed by atoms with Crippen LogP contribution in [0.5, 0.6) is 0 Å². The zero-order valence-corrected chi connectivity index (χ0v) is 11.4. The Labute approximate surface area is 109 Å². The first-order valence-electron chi connectivity index (χ1n) is 5.38. The predicted octanol–water partition coefficient (Wildman–Crippen LogP) is 3.35. The van der Waals surface area contributed by atoms with Crippen LogP contribution in [0, 0.1) is 3.57 Å². The summed E-state index contributed by atoms with van der Waals surface area (Å²) in [5.74, 6) is -0.785. The van der Waals surface area contributed by atoms with Crippen LogP contribution in [0.15, 0.2) is 24.3 Å². The number of aliphatic carboxylic acids is 1. The molecule has 2 N–H and O–H groups in total. The highest BCUT2D eigenvalue weighted by Gasteiger charge is 2.15. The summed E-state index contributed by atoms with van der Waals surface area (Å²) in [5.41, 5.74) is 0.871. The average Bonchev–Trinajstić information content (AvgIpc) is 2.24.